The van der Waals surface area contributed by atoms with Crippen molar-refractivity contribution in [3.8, 4) is 0 Å². The van der Waals surface area contributed by atoms with E-state index in [9.17, 15) is 0 Å². The van der Waals surface area contributed by atoms with Crippen LogP contribution in [0.1, 0.15) is 49.4 Å². The molecule has 0 spiro atoms. The summed E-state index contributed by atoms with van der Waals surface area (Å²) in [6, 6.07) is 14.7. The van der Waals surface area contributed by atoms with E-state index in [-0.39, 0.29) is 0 Å². The Morgan fingerprint density at radius 3 is 2.52 bits per heavy atom. The van der Waals surface area contributed by atoms with Crippen LogP contribution in [0.15, 0.2) is 42.5 Å². The second kappa shape index (κ2) is 6.68. The van der Waals surface area contributed by atoms with Gasteiger partial charge >= 0.3 is 0 Å². The van der Waals surface area contributed by atoms with Crippen molar-refractivity contribution < 1.29 is 0 Å². The van der Waals surface area contributed by atoms with Crippen molar-refractivity contribution >= 4 is 33.9 Å². The lowest BCUT2D eigenvalue weighted by atomic mass is 9.92. The average molecular weight is 351 g/mol. The fraction of sp³-hybridized carbons (Fsp3) is 0.318. The van der Waals surface area contributed by atoms with Gasteiger partial charge in [0.05, 0.1) is 11.2 Å². The van der Waals surface area contributed by atoms with Crippen molar-refractivity contribution in [1.82, 2.24) is 4.98 Å². The highest BCUT2D eigenvalue weighted by atomic mass is 35.5. The quantitative estimate of drug-likeness (QED) is 0.573. The van der Waals surface area contributed by atoms with Gasteiger partial charge in [-0.1, -0.05) is 37.6 Å². The first kappa shape index (κ1) is 16.4. The molecule has 25 heavy (non-hydrogen) atoms. The average Bonchev–Trinajstić information content (AvgIpc) is 2.62. The molecule has 1 N–H and O–H groups in total. The van der Waals surface area contributed by atoms with E-state index in [2.05, 4.69) is 43.4 Å². The van der Waals surface area contributed by atoms with Crippen molar-refractivity contribution in [3.05, 3.63) is 64.3 Å². The minimum Gasteiger partial charge on any atom is -0.355 e. The first-order valence-corrected chi connectivity index (χ1v) is 9.47. The fourth-order valence-corrected chi connectivity index (χ4v) is 3.81. The molecule has 3 heteroatoms. The monoisotopic (exact) mass is 350 g/mol. The van der Waals surface area contributed by atoms with Crippen molar-refractivity contribution in [2.45, 2.75) is 45.4 Å². The van der Waals surface area contributed by atoms with Crippen LogP contribution in [0.5, 0.6) is 0 Å². The highest BCUT2D eigenvalue weighted by molar-refractivity contribution is 6.31. The summed E-state index contributed by atoms with van der Waals surface area (Å²) in [6.07, 6.45) is 4.59. The Balaban J connectivity index is 1.82. The van der Waals surface area contributed by atoms with Gasteiger partial charge < -0.3 is 5.32 Å². The molecule has 0 aliphatic heterocycles. The molecule has 2 aromatic carbocycles. The lowest BCUT2D eigenvalue weighted by Gasteiger charge is -2.22. The zero-order valence-electron chi connectivity index (χ0n) is 14.8. The molecular formula is C22H23ClN2. The molecule has 1 heterocycles. The van der Waals surface area contributed by atoms with Gasteiger partial charge in [0.25, 0.3) is 0 Å². The van der Waals surface area contributed by atoms with Crippen LogP contribution in [-0.2, 0) is 12.8 Å². The fourth-order valence-electron chi connectivity index (χ4n) is 3.63. The number of nitrogens with zero attached hydrogens (tertiary/aromatic N) is 1. The minimum absolute atomic E-state index is 0.544. The summed E-state index contributed by atoms with van der Waals surface area (Å²) >= 11 is 6.28. The Kier molecular flexibility index (Phi) is 4.39. The molecule has 1 aromatic heterocycles. The normalized spacial score (nSPS) is 13.9. The second-order valence-electron chi connectivity index (χ2n) is 7.18. The third-order valence-electron chi connectivity index (χ3n) is 5.07. The zero-order chi connectivity index (χ0) is 17.4. The molecule has 3 aromatic rings. The largest absolute Gasteiger partial charge is 0.355 e. The molecule has 0 radical (unpaired) electrons. The number of hydrogen-bond acceptors (Lipinski definition) is 2. The van der Waals surface area contributed by atoms with Gasteiger partial charge in [-0.15, -0.1) is 0 Å². The number of hydrogen-bond donors (Lipinski definition) is 1. The van der Waals surface area contributed by atoms with E-state index in [1.807, 2.05) is 18.2 Å². The van der Waals surface area contributed by atoms with E-state index in [1.54, 1.807) is 0 Å². The molecule has 0 bridgehead atoms. The number of nitrogens with one attached hydrogen (secondary N) is 1. The standard InChI is InChI=1S/C22H23ClN2/c1-14(2)15-7-10-17(11-8-15)24-22-18-5-3-4-6-20(18)25-21-12-9-16(23)13-19(21)22/h7-14H,3-6H2,1-2H3,(H,24,25). The van der Waals surface area contributed by atoms with Crippen LogP contribution in [0, 0.1) is 0 Å². The summed E-state index contributed by atoms with van der Waals surface area (Å²) in [5.74, 6) is 0.544. The van der Waals surface area contributed by atoms with Gasteiger partial charge in [-0.25, -0.2) is 0 Å². The minimum atomic E-state index is 0.544. The van der Waals surface area contributed by atoms with Crippen LogP contribution in [0.2, 0.25) is 5.02 Å². The van der Waals surface area contributed by atoms with E-state index in [1.165, 1.54) is 35.3 Å². The van der Waals surface area contributed by atoms with Gasteiger partial charge in [0, 0.05) is 21.8 Å². The van der Waals surface area contributed by atoms with Crippen LogP contribution >= 0.6 is 11.6 Å². The molecule has 1 aliphatic rings. The van der Waals surface area contributed by atoms with Crippen LogP contribution in [0.25, 0.3) is 10.9 Å². The molecule has 0 amide bonds. The zero-order valence-corrected chi connectivity index (χ0v) is 15.5. The lowest BCUT2D eigenvalue weighted by molar-refractivity contribution is 0.672. The molecular weight excluding hydrogens is 328 g/mol. The lowest BCUT2D eigenvalue weighted by Crippen LogP contribution is -2.09. The predicted molar refractivity (Wildman–Crippen MR) is 107 cm³/mol. The summed E-state index contributed by atoms with van der Waals surface area (Å²) in [7, 11) is 0. The van der Waals surface area contributed by atoms with Crippen molar-refractivity contribution in [3.63, 3.8) is 0 Å². The van der Waals surface area contributed by atoms with Gasteiger partial charge in [-0.05, 0) is 73.1 Å². The van der Waals surface area contributed by atoms with E-state index >= 15 is 0 Å². The van der Waals surface area contributed by atoms with Gasteiger partial charge in [0.2, 0.25) is 0 Å². The number of anilines is 2. The summed E-state index contributed by atoms with van der Waals surface area (Å²) in [5, 5.41) is 5.53. The summed E-state index contributed by atoms with van der Waals surface area (Å²) in [6.45, 7) is 4.44. The van der Waals surface area contributed by atoms with E-state index < -0.39 is 0 Å². The van der Waals surface area contributed by atoms with Crippen LogP contribution < -0.4 is 5.32 Å². The molecule has 1 aliphatic carbocycles. The van der Waals surface area contributed by atoms with Crippen molar-refractivity contribution in [2.75, 3.05) is 5.32 Å². The maximum Gasteiger partial charge on any atom is 0.0727 e. The number of fused-ring (bicyclic) bond motifs is 2. The van der Waals surface area contributed by atoms with E-state index in [0.29, 0.717) is 5.92 Å². The second-order valence-corrected chi connectivity index (χ2v) is 7.62. The number of rotatable bonds is 3. The molecule has 128 valence electrons. The Labute approximate surface area is 154 Å². The number of halogens is 1. The molecule has 0 unspecified atom stereocenters. The topological polar surface area (TPSA) is 24.9 Å². The SMILES string of the molecule is CC(C)c1ccc(Nc2c3c(nc4ccc(Cl)cc24)CCCC3)cc1. The van der Waals surface area contributed by atoms with Crippen molar-refractivity contribution in [1.29, 1.82) is 0 Å². The third kappa shape index (κ3) is 3.23. The van der Waals surface area contributed by atoms with E-state index in [0.717, 1.165) is 34.5 Å². The van der Waals surface area contributed by atoms with Gasteiger partial charge in [0.15, 0.2) is 0 Å². The Hall–Kier alpha value is -2.06. The Bertz CT molecular complexity index is 913. The molecule has 0 saturated heterocycles. The van der Waals surface area contributed by atoms with Crippen LogP contribution in [0.4, 0.5) is 11.4 Å². The maximum absolute atomic E-state index is 6.28. The Morgan fingerprint density at radius 1 is 1.00 bits per heavy atom. The van der Waals surface area contributed by atoms with Gasteiger partial charge in [-0.2, -0.15) is 0 Å². The summed E-state index contributed by atoms with van der Waals surface area (Å²) < 4.78 is 0. The van der Waals surface area contributed by atoms with E-state index in [4.69, 9.17) is 16.6 Å². The molecule has 0 atom stereocenters. The molecule has 4 rings (SSSR count). The number of aryl methyl sites for hydroxylation is 1. The highest BCUT2D eigenvalue weighted by Crippen LogP contribution is 2.36. The smallest absolute Gasteiger partial charge is 0.0727 e. The third-order valence-corrected chi connectivity index (χ3v) is 5.31. The predicted octanol–water partition coefficient (Wildman–Crippen LogP) is 6.63. The highest BCUT2D eigenvalue weighted by Gasteiger charge is 2.18. The van der Waals surface area contributed by atoms with Gasteiger partial charge in [-0.3, -0.25) is 4.98 Å². The van der Waals surface area contributed by atoms with Crippen LogP contribution in [-0.4, -0.2) is 4.98 Å². The summed E-state index contributed by atoms with van der Waals surface area (Å²) in [4.78, 5) is 4.90. The van der Waals surface area contributed by atoms with Crippen molar-refractivity contribution in [2.24, 2.45) is 0 Å². The summed E-state index contributed by atoms with van der Waals surface area (Å²) in [5.41, 5.74) is 7.27. The van der Waals surface area contributed by atoms with Crippen LogP contribution in [0.3, 0.4) is 0 Å². The molecule has 0 saturated carbocycles. The number of aromatic nitrogens is 1. The maximum atomic E-state index is 6.28. The number of pyridine rings is 1. The molecule has 0 fully saturated rings. The molecule has 2 nitrogen and oxygen atoms in total. The number of benzene rings is 2. The first-order valence-electron chi connectivity index (χ1n) is 9.10. The Morgan fingerprint density at radius 2 is 1.76 bits per heavy atom. The van der Waals surface area contributed by atoms with Gasteiger partial charge in [0.1, 0.15) is 0 Å². The first-order chi connectivity index (χ1) is 12.1.